The van der Waals surface area contributed by atoms with E-state index >= 15 is 0 Å². The van der Waals surface area contributed by atoms with Crippen LogP contribution < -0.4 is 25.0 Å². The molecule has 35 heavy (non-hydrogen) atoms. The van der Waals surface area contributed by atoms with Gasteiger partial charge in [-0.15, -0.1) is 0 Å². The second kappa shape index (κ2) is 11.4. The Labute approximate surface area is 204 Å². The van der Waals surface area contributed by atoms with Crippen LogP contribution in [0.2, 0.25) is 0 Å². The Morgan fingerprint density at radius 2 is 1.46 bits per heavy atom. The summed E-state index contributed by atoms with van der Waals surface area (Å²) in [5.74, 6) is 0.0123. The Balaban J connectivity index is 1.53. The molecule has 1 atom stereocenters. The van der Waals surface area contributed by atoms with E-state index in [0.717, 1.165) is 5.56 Å². The predicted octanol–water partition coefficient (Wildman–Crippen LogP) is 3.42. The number of carbonyl (C=O) groups excluding carboxylic acids is 2. The van der Waals surface area contributed by atoms with Gasteiger partial charge in [-0.05, 0) is 81.4 Å². The van der Waals surface area contributed by atoms with Crippen molar-refractivity contribution in [2.45, 2.75) is 31.8 Å². The molecule has 3 rings (SSSR count). The number of hydrazine groups is 1. The van der Waals surface area contributed by atoms with Crippen molar-refractivity contribution >= 4 is 27.5 Å². The van der Waals surface area contributed by atoms with Gasteiger partial charge >= 0.3 is 0 Å². The van der Waals surface area contributed by atoms with E-state index in [2.05, 4.69) is 15.6 Å². The lowest BCUT2D eigenvalue weighted by Gasteiger charge is -2.15. The molecule has 0 radical (unpaired) electrons. The number of nitrogens with one attached hydrogen (secondary N) is 3. The summed E-state index contributed by atoms with van der Waals surface area (Å²) in [5, 5.41) is 0. The normalized spacial score (nSPS) is 11.7. The number of hydrogen-bond acceptors (Lipinski definition) is 6. The summed E-state index contributed by atoms with van der Waals surface area (Å²) in [5.41, 5.74) is 6.20. The first-order chi connectivity index (χ1) is 16.7. The molecule has 0 bridgehead atoms. The Morgan fingerprint density at radius 3 is 2.06 bits per heavy atom. The van der Waals surface area contributed by atoms with Crippen LogP contribution in [0.1, 0.15) is 29.8 Å². The van der Waals surface area contributed by atoms with Crippen LogP contribution in [0.25, 0.3) is 0 Å². The Morgan fingerprint density at radius 1 is 0.857 bits per heavy atom. The Bertz CT molecular complexity index is 1260. The fourth-order valence-electron chi connectivity index (χ4n) is 2.95. The minimum absolute atomic E-state index is 0.0764. The van der Waals surface area contributed by atoms with Gasteiger partial charge in [-0.2, -0.15) is 0 Å². The van der Waals surface area contributed by atoms with E-state index in [0.29, 0.717) is 18.1 Å². The van der Waals surface area contributed by atoms with Crippen LogP contribution in [0.3, 0.4) is 0 Å². The third-order valence-electron chi connectivity index (χ3n) is 4.85. The molecule has 0 aliphatic rings. The first-order valence-corrected chi connectivity index (χ1v) is 12.4. The fourth-order valence-corrected chi connectivity index (χ4v) is 4.01. The highest BCUT2D eigenvalue weighted by molar-refractivity contribution is 7.92. The van der Waals surface area contributed by atoms with Crippen LogP contribution in [0.5, 0.6) is 11.5 Å². The van der Waals surface area contributed by atoms with Crippen molar-refractivity contribution in [3.63, 3.8) is 0 Å². The number of benzene rings is 3. The molecule has 0 fully saturated rings. The van der Waals surface area contributed by atoms with Crippen LogP contribution in [-0.2, 0) is 14.8 Å². The number of carbonyl (C=O) groups is 2. The minimum atomic E-state index is -3.81. The molecule has 3 aromatic rings. The lowest BCUT2D eigenvalue weighted by atomic mass is 10.2. The highest BCUT2D eigenvalue weighted by atomic mass is 32.2. The molecule has 10 heteroatoms. The summed E-state index contributed by atoms with van der Waals surface area (Å²) in [7, 11) is -3.81. The highest BCUT2D eigenvalue weighted by Crippen LogP contribution is 2.20. The third kappa shape index (κ3) is 7.21. The molecular weight excluding hydrogens is 470 g/mol. The van der Waals surface area contributed by atoms with Crippen LogP contribution in [0.15, 0.2) is 77.7 Å². The van der Waals surface area contributed by atoms with Gasteiger partial charge in [0.05, 0.1) is 11.5 Å². The van der Waals surface area contributed by atoms with E-state index in [1.54, 1.807) is 31.2 Å². The largest absolute Gasteiger partial charge is 0.494 e. The molecule has 0 aromatic heterocycles. The van der Waals surface area contributed by atoms with Crippen LogP contribution in [0.4, 0.5) is 5.69 Å². The zero-order valence-corrected chi connectivity index (χ0v) is 20.4. The van der Waals surface area contributed by atoms with Gasteiger partial charge in [0, 0.05) is 11.3 Å². The van der Waals surface area contributed by atoms with Gasteiger partial charge in [-0.1, -0.05) is 17.7 Å². The van der Waals surface area contributed by atoms with Crippen LogP contribution >= 0.6 is 0 Å². The summed E-state index contributed by atoms with van der Waals surface area (Å²) >= 11 is 0. The van der Waals surface area contributed by atoms with E-state index in [9.17, 15) is 18.0 Å². The summed E-state index contributed by atoms with van der Waals surface area (Å²) < 4.78 is 38.5. The van der Waals surface area contributed by atoms with Crippen molar-refractivity contribution in [1.29, 1.82) is 0 Å². The number of anilines is 1. The molecule has 0 aliphatic heterocycles. The van der Waals surface area contributed by atoms with Crippen LogP contribution in [-0.4, -0.2) is 32.9 Å². The summed E-state index contributed by atoms with van der Waals surface area (Å²) in [4.78, 5) is 24.6. The SMILES string of the molecule is CCOc1ccc(S(=O)(=O)Nc2ccc(C(=O)NNC(=O)C(C)Oc3ccc(C)cc3)cc2)cc1. The molecule has 3 aromatic carbocycles. The highest BCUT2D eigenvalue weighted by Gasteiger charge is 2.17. The molecule has 3 N–H and O–H groups in total. The van der Waals surface area contributed by atoms with Gasteiger partial charge in [-0.25, -0.2) is 8.42 Å². The topological polar surface area (TPSA) is 123 Å². The van der Waals surface area contributed by atoms with E-state index in [1.165, 1.54) is 36.4 Å². The quantitative estimate of drug-likeness (QED) is 0.389. The molecule has 0 saturated carbocycles. The van der Waals surface area contributed by atoms with Gasteiger partial charge in [-0.3, -0.25) is 25.2 Å². The number of amides is 2. The van der Waals surface area contributed by atoms with Gasteiger partial charge in [0.15, 0.2) is 6.10 Å². The number of ether oxygens (including phenoxy) is 2. The third-order valence-corrected chi connectivity index (χ3v) is 6.24. The van der Waals surface area contributed by atoms with Crippen molar-refractivity contribution in [3.8, 4) is 11.5 Å². The van der Waals surface area contributed by atoms with Crippen molar-refractivity contribution in [3.05, 3.63) is 83.9 Å². The average molecular weight is 498 g/mol. The van der Waals surface area contributed by atoms with Crippen molar-refractivity contribution in [1.82, 2.24) is 10.9 Å². The maximum Gasteiger partial charge on any atom is 0.279 e. The van der Waals surface area contributed by atoms with Crippen molar-refractivity contribution in [2.24, 2.45) is 0 Å². The average Bonchev–Trinajstić information content (AvgIpc) is 2.84. The van der Waals surface area contributed by atoms with Crippen molar-refractivity contribution < 1.29 is 27.5 Å². The van der Waals surface area contributed by atoms with E-state index < -0.39 is 27.9 Å². The number of sulfonamides is 1. The number of aryl methyl sites for hydroxylation is 1. The lowest BCUT2D eigenvalue weighted by Crippen LogP contribution is -2.47. The van der Waals surface area contributed by atoms with Gasteiger partial charge < -0.3 is 9.47 Å². The smallest absolute Gasteiger partial charge is 0.279 e. The fraction of sp³-hybridized carbons (Fsp3) is 0.200. The molecule has 0 spiro atoms. The molecule has 9 nitrogen and oxygen atoms in total. The van der Waals surface area contributed by atoms with Crippen LogP contribution in [0, 0.1) is 6.92 Å². The molecule has 2 amide bonds. The van der Waals surface area contributed by atoms with Gasteiger partial charge in [0.25, 0.3) is 21.8 Å². The Hall–Kier alpha value is -4.05. The van der Waals surface area contributed by atoms with Crippen molar-refractivity contribution in [2.75, 3.05) is 11.3 Å². The number of rotatable bonds is 9. The zero-order chi connectivity index (χ0) is 25.4. The molecule has 1 unspecified atom stereocenters. The minimum Gasteiger partial charge on any atom is -0.494 e. The maximum absolute atomic E-state index is 12.6. The first-order valence-electron chi connectivity index (χ1n) is 10.9. The van der Waals surface area contributed by atoms with Gasteiger partial charge in [0.2, 0.25) is 0 Å². The number of hydrogen-bond donors (Lipinski definition) is 3. The molecule has 0 aliphatic carbocycles. The first kappa shape index (κ1) is 25.6. The molecule has 184 valence electrons. The second-order valence-electron chi connectivity index (χ2n) is 7.60. The maximum atomic E-state index is 12.6. The van der Waals surface area contributed by atoms with E-state index in [1.807, 2.05) is 26.0 Å². The summed E-state index contributed by atoms with van der Waals surface area (Å²) in [6, 6.07) is 19.0. The second-order valence-corrected chi connectivity index (χ2v) is 9.29. The Kier molecular flexibility index (Phi) is 8.32. The molecule has 0 heterocycles. The van der Waals surface area contributed by atoms with Gasteiger partial charge in [0.1, 0.15) is 11.5 Å². The zero-order valence-electron chi connectivity index (χ0n) is 19.6. The standard InChI is InChI=1S/C25H27N3O6S/c1-4-33-21-13-15-23(16-14-21)35(31,32)28-20-9-7-19(8-10-20)25(30)27-26-24(29)18(3)34-22-11-5-17(2)6-12-22/h5-16,18,28H,4H2,1-3H3,(H,26,29)(H,27,30). The lowest BCUT2D eigenvalue weighted by molar-refractivity contribution is -0.128. The molecular formula is C25H27N3O6S. The monoisotopic (exact) mass is 497 g/mol. The predicted molar refractivity (Wildman–Crippen MR) is 132 cm³/mol. The van der Waals surface area contributed by atoms with E-state index in [-0.39, 0.29) is 16.1 Å². The summed E-state index contributed by atoms with van der Waals surface area (Å²) in [6.45, 7) is 5.82. The van der Waals surface area contributed by atoms with E-state index in [4.69, 9.17) is 9.47 Å². The summed E-state index contributed by atoms with van der Waals surface area (Å²) in [6.07, 6.45) is -0.836. The molecule has 0 saturated heterocycles.